The molecule has 22 heavy (non-hydrogen) atoms. The van der Waals surface area contributed by atoms with Crippen molar-refractivity contribution in [2.75, 3.05) is 14.2 Å². The third-order valence-corrected chi connectivity index (χ3v) is 3.28. The van der Waals surface area contributed by atoms with E-state index in [4.69, 9.17) is 14.6 Å². The maximum Gasteiger partial charge on any atom is 0.305 e. The highest BCUT2D eigenvalue weighted by atomic mass is 16.5. The van der Waals surface area contributed by atoms with Crippen molar-refractivity contribution in [2.24, 2.45) is 0 Å². The van der Waals surface area contributed by atoms with Crippen molar-refractivity contribution >= 4 is 11.9 Å². The average molecular weight is 309 g/mol. The summed E-state index contributed by atoms with van der Waals surface area (Å²) in [6.07, 6.45) is 1.89. The Morgan fingerprint density at radius 3 is 2.45 bits per heavy atom. The molecule has 0 heterocycles. The fraction of sp³-hybridized carbons (Fsp3) is 0.500. The standard InChI is InChI=1S/C16H23NO5/c1-4-5-6-15(18)17-12(10-16(19)20)11-7-8-13(21-2)14(9-11)22-3/h7-9,12H,4-6,10H2,1-3H3,(H,17,18)(H,19,20)/t12-/m0/s1. The molecule has 1 rings (SSSR count). The van der Waals surface area contributed by atoms with Crippen molar-refractivity contribution in [3.05, 3.63) is 23.8 Å². The number of nitrogens with one attached hydrogen (secondary N) is 1. The van der Waals surface area contributed by atoms with Gasteiger partial charge in [-0.05, 0) is 24.1 Å². The molecule has 1 atom stereocenters. The summed E-state index contributed by atoms with van der Waals surface area (Å²) >= 11 is 0. The van der Waals surface area contributed by atoms with Crippen LogP contribution in [0.5, 0.6) is 11.5 Å². The normalized spacial score (nSPS) is 11.6. The molecular weight excluding hydrogens is 286 g/mol. The van der Waals surface area contributed by atoms with Crippen molar-refractivity contribution < 1.29 is 24.2 Å². The fourth-order valence-corrected chi connectivity index (χ4v) is 2.10. The van der Waals surface area contributed by atoms with Gasteiger partial charge in [-0.15, -0.1) is 0 Å². The number of hydrogen-bond acceptors (Lipinski definition) is 4. The molecule has 0 fully saturated rings. The predicted molar refractivity (Wildman–Crippen MR) is 82.2 cm³/mol. The van der Waals surface area contributed by atoms with Crippen molar-refractivity contribution in [1.29, 1.82) is 0 Å². The minimum atomic E-state index is -0.976. The third kappa shape index (κ3) is 5.27. The van der Waals surface area contributed by atoms with Gasteiger partial charge in [0.05, 0.1) is 26.7 Å². The summed E-state index contributed by atoms with van der Waals surface area (Å²) in [5.74, 6) is -0.0747. The quantitative estimate of drug-likeness (QED) is 0.732. The predicted octanol–water partition coefficient (Wildman–Crippen LogP) is 2.53. The first-order valence-corrected chi connectivity index (χ1v) is 7.24. The molecular formula is C16H23NO5. The fourth-order valence-electron chi connectivity index (χ4n) is 2.10. The molecule has 6 nitrogen and oxygen atoms in total. The Kier molecular flexibility index (Phi) is 7.22. The molecule has 0 saturated carbocycles. The van der Waals surface area contributed by atoms with E-state index in [0.29, 0.717) is 23.5 Å². The number of aliphatic carboxylic acids is 1. The van der Waals surface area contributed by atoms with Crippen LogP contribution in [-0.2, 0) is 9.59 Å². The Bertz CT molecular complexity index is 515. The summed E-state index contributed by atoms with van der Waals surface area (Å²) in [5.41, 5.74) is 0.671. The number of carboxylic acids is 1. The first kappa shape index (κ1) is 17.8. The second kappa shape index (κ2) is 8.92. The largest absolute Gasteiger partial charge is 0.493 e. The maximum atomic E-state index is 11.9. The number of amides is 1. The molecule has 1 aromatic carbocycles. The molecule has 0 aromatic heterocycles. The lowest BCUT2D eigenvalue weighted by molar-refractivity contribution is -0.137. The number of methoxy groups -OCH3 is 2. The van der Waals surface area contributed by atoms with Gasteiger partial charge in [0.2, 0.25) is 5.91 Å². The molecule has 2 N–H and O–H groups in total. The number of benzene rings is 1. The number of ether oxygens (including phenoxy) is 2. The van der Waals surface area contributed by atoms with E-state index in [1.807, 2.05) is 6.92 Å². The zero-order valence-corrected chi connectivity index (χ0v) is 13.2. The number of hydrogen-bond donors (Lipinski definition) is 2. The van der Waals surface area contributed by atoms with Crippen LogP contribution < -0.4 is 14.8 Å². The highest BCUT2D eigenvalue weighted by Gasteiger charge is 2.19. The maximum absolute atomic E-state index is 11.9. The van der Waals surface area contributed by atoms with E-state index in [-0.39, 0.29) is 12.3 Å². The van der Waals surface area contributed by atoms with Gasteiger partial charge in [-0.1, -0.05) is 19.4 Å². The van der Waals surface area contributed by atoms with Gasteiger partial charge in [0.15, 0.2) is 11.5 Å². The number of rotatable bonds is 9. The topological polar surface area (TPSA) is 84.9 Å². The summed E-state index contributed by atoms with van der Waals surface area (Å²) in [4.78, 5) is 22.9. The summed E-state index contributed by atoms with van der Waals surface area (Å²) in [6.45, 7) is 2.00. The van der Waals surface area contributed by atoms with E-state index in [1.54, 1.807) is 18.2 Å². The van der Waals surface area contributed by atoms with Gasteiger partial charge in [-0.2, -0.15) is 0 Å². The van der Waals surface area contributed by atoms with Crippen LogP contribution in [0.15, 0.2) is 18.2 Å². The number of unbranched alkanes of at least 4 members (excludes halogenated alkanes) is 1. The molecule has 0 aliphatic rings. The molecule has 1 aromatic rings. The highest BCUT2D eigenvalue weighted by Crippen LogP contribution is 2.31. The van der Waals surface area contributed by atoms with Crippen LogP contribution in [0, 0.1) is 0 Å². The van der Waals surface area contributed by atoms with Crippen LogP contribution in [0.2, 0.25) is 0 Å². The van der Waals surface area contributed by atoms with Crippen LogP contribution in [0.3, 0.4) is 0 Å². The van der Waals surface area contributed by atoms with Crippen LogP contribution in [-0.4, -0.2) is 31.2 Å². The number of carboxylic acid groups (broad SMARTS) is 1. The van der Waals surface area contributed by atoms with Gasteiger partial charge in [0.25, 0.3) is 0 Å². The molecule has 0 spiro atoms. The second-order valence-electron chi connectivity index (χ2n) is 4.94. The molecule has 0 saturated heterocycles. The zero-order chi connectivity index (χ0) is 16.5. The van der Waals surface area contributed by atoms with Crippen LogP contribution >= 0.6 is 0 Å². The van der Waals surface area contributed by atoms with Crippen molar-refractivity contribution in [3.8, 4) is 11.5 Å². The Labute approximate surface area is 130 Å². The lowest BCUT2D eigenvalue weighted by Gasteiger charge is -2.19. The lowest BCUT2D eigenvalue weighted by Crippen LogP contribution is -2.30. The number of carbonyl (C=O) groups excluding carboxylic acids is 1. The second-order valence-corrected chi connectivity index (χ2v) is 4.94. The molecule has 1 amide bonds. The minimum Gasteiger partial charge on any atom is -0.493 e. The van der Waals surface area contributed by atoms with E-state index in [2.05, 4.69) is 5.32 Å². The Hall–Kier alpha value is -2.24. The van der Waals surface area contributed by atoms with E-state index in [1.165, 1.54) is 14.2 Å². The van der Waals surface area contributed by atoms with Gasteiger partial charge in [-0.3, -0.25) is 9.59 Å². The SMILES string of the molecule is CCCCC(=O)N[C@@H](CC(=O)O)c1ccc(OC)c(OC)c1. The summed E-state index contributed by atoms with van der Waals surface area (Å²) < 4.78 is 10.4. The van der Waals surface area contributed by atoms with Crippen molar-refractivity contribution in [3.63, 3.8) is 0 Å². The van der Waals surface area contributed by atoms with E-state index < -0.39 is 12.0 Å². The van der Waals surface area contributed by atoms with E-state index in [0.717, 1.165) is 12.8 Å². The molecule has 0 unspecified atom stereocenters. The van der Waals surface area contributed by atoms with Gasteiger partial charge >= 0.3 is 5.97 Å². The smallest absolute Gasteiger partial charge is 0.305 e. The first-order valence-electron chi connectivity index (χ1n) is 7.24. The third-order valence-electron chi connectivity index (χ3n) is 3.28. The van der Waals surface area contributed by atoms with E-state index >= 15 is 0 Å². The zero-order valence-electron chi connectivity index (χ0n) is 13.2. The van der Waals surface area contributed by atoms with Crippen LogP contribution in [0.1, 0.15) is 44.2 Å². The summed E-state index contributed by atoms with van der Waals surface area (Å²) in [6, 6.07) is 4.52. The number of carbonyl (C=O) groups is 2. The van der Waals surface area contributed by atoms with Gasteiger partial charge in [0.1, 0.15) is 0 Å². The van der Waals surface area contributed by atoms with Gasteiger partial charge in [-0.25, -0.2) is 0 Å². The lowest BCUT2D eigenvalue weighted by atomic mass is 10.0. The van der Waals surface area contributed by atoms with Gasteiger partial charge in [0, 0.05) is 6.42 Å². The highest BCUT2D eigenvalue weighted by molar-refractivity contribution is 5.77. The van der Waals surface area contributed by atoms with Gasteiger partial charge < -0.3 is 19.9 Å². The minimum absolute atomic E-state index is 0.150. The van der Waals surface area contributed by atoms with Crippen LogP contribution in [0.4, 0.5) is 0 Å². The molecule has 0 aliphatic heterocycles. The van der Waals surface area contributed by atoms with Crippen LogP contribution in [0.25, 0.3) is 0 Å². The van der Waals surface area contributed by atoms with Crippen molar-refractivity contribution in [1.82, 2.24) is 5.32 Å². The molecule has 6 heteroatoms. The Balaban J connectivity index is 2.95. The molecule has 122 valence electrons. The summed E-state index contributed by atoms with van der Waals surface area (Å²) in [7, 11) is 3.03. The Morgan fingerprint density at radius 2 is 1.91 bits per heavy atom. The van der Waals surface area contributed by atoms with E-state index in [9.17, 15) is 9.59 Å². The first-order chi connectivity index (χ1) is 10.5. The molecule has 0 radical (unpaired) electrons. The average Bonchev–Trinajstić information content (AvgIpc) is 2.51. The molecule has 0 aliphatic carbocycles. The molecule has 0 bridgehead atoms. The monoisotopic (exact) mass is 309 g/mol. The van der Waals surface area contributed by atoms with Crippen molar-refractivity contribution in [2.45, 2.75) is 38.6 Å². The Morgan fingerprint density at radius 1 is 1.23 bits per heavy atom. The summed E-state index contributed by atoms with van der Waals surface area (Å²) in [5, 5.41) is 11.8.